The maximum Gasteiger partial charge on any atom is 0.0935 e. The smallest absolute Gasteiger partial charge is 0.0935 e. The van der Waals surface area contributed by atoms with Gasteiger partial charge in [0.05, 0.1) is 10.7 Å². The van der Waals surface area contributed by atoms with Crippen LogP contribution in [0.3, 0.4) is 0 Å². The van der Waals surface area contributed by atoms with Crippen molar-refractivity contribution in [2.24, 2.45) is 17.6 Å². The Kier molecular flexibility index (Phi) is 4.54. The summed E-state index contributed by atoms with van der Waals surface area (Å²) in [6.45, 7) is 6.89. The van der Waals surface area contributed by atoms with E-state index in [1.807, 2.05) is 0 Å². The number of rotatable bonds is 5. The number of hydrogen-bond acceptors (Lipinski definition) is 4. The van der Waals surface area contributed by atoms with Gasteiger partial charge in [-0.1, -0.05) is 13.8 Å². The Labute approximate surface area is 107 Å². The molecule has 1 atom stereocenters. The minimum atomic E-state index is 0.626. The second kappa shape index (κ2) is 5.94. The molecule has 0 saturated carbocycles. The fourth-order valence-corrected chi connectivity index (χ4v) is 3.31. The van der Waals surface area contributed by atoms with Crippen molar-refractivity contribution in [3.63, 3.8) is 0 Å². The van der Waals surface area contributed by atoms with Gasteiger partial charge in [0.2, 0.25) is 0 Å². The molecule has 1 aromatic rings. The van der Waals surface area contributed by atoms with Crippen molar-refractivity contribution in [3.8, 4) is 0 Å². The molecule has 1 aliphatic rings. The zero-order chi connectivity index (χ0) is 12.3. The predicted molar refractivity (Wildman–Crippen MR) is 71.2 cm³/mol. The molecule has 0 radical (unpaired) electrons. The van der Waals surface area contributed by atoms with Crippen LogP contribution in [-0.2, 0) is 24.1 Å². The maximum atomic E-state index is 5.79. The van der Waals surface area contributed by atoms with Gasteiger partial charge in [-0.05, 0) is 24.7 Å². The highest BCUT2D eigenvalue weighted by atomic mass is 32.1. The van der Waals surface area contributed by atoms with E-state index in [4.69, 9.17) is 15.5 Å². The molecule has 1 unspecified atom stereocenters. The van der Waals surface area contributed by atoms with Gasteiger partial charge < -0.3 is 10.5 Å². The van der Waals surface area contributed by atoms with Crippen LogP contribution in [0.25, 0.3) is 0 Å². The van der Waals surface area contributed by atoms with Crippen molar-refractivity contribution in [1.82, 2.24) is 4.98 Å². The molecular weight excluding hydrogens is 232 g/mol. The second-order valence-corrected chi connectivity index (χ2v) is 6.38. The van der Waals surface area contributed by atoms with Crippen molar-refractivity contribution in [2.45, 2.75) is 39.7 Å². The SMILES string of the molecule is CC(C)Cc1nc(CC2CCOC2)sc1CN. The van der Waals surface area contributed by atoms with Crippen LogP contribution in [0.4, 0.5) is 0 Å². The Hall–Kier alpha value is -0.450. The summed E-state index contributed by atoms with van der Waals surface area (Å²) in [5, 5.41) is 1.25. The summed E-state index contributed by atoms with van der Waals surface area (Å²) in [6, 6.07) is 0. The van der Waals surface area contributed by atoms with Crippen LogP contribution < -0.4 is 5.73 Å². The molecule has 0 amide bonds. The number of hydrogen-bond donors (Lipinski definition) is 1. The zero-order valence-corrected chi connectivity index (χ0v) is 11.6. The molecule has 1 fully saturated rings. The van der Waals surface area contributed by atoms with E-state index >= 15 is 0 Å². The van der Waals surface area contributed by atoms with Crippen molar-refractivity contribution >= 4 is 11.3 Å². The van der Waals surface area contributed by atoms with Gasteiger partial charge in [-0.3, -0.25) is 0 Å². The zero-order valence-electron chi connectivity index (χ0n) is 10.7. The first-order valence-corrected chi connectivity index (χ1v) is 7.26. The molecule has 0 bridgehead atoms. The molecule has 2 heterocycles. The van der Waals surface area contributed by atoms with Gasteiger partial charge in [-0.15, -0.1) is 11.3 Å². The first-order valence-electron chi connectivity index (χ1n) is 6.44. The van der Waals surface area contributed by atoms with Crippen molar-refractivity contribution in [1.29, 1.82) is 0 Å². The van der Waals surface area contributed by atoms with E-state index in [0.29, 0.717) is 18.4 Å². The van der Waals surface area contributed by atoms with E-state index in [0.717, 1.165) is 26.1 Å². The van der Waals surface area contributed by atoms with Crippen molar-refractivity contribution < 1.29 is 4.74 Å². The Morgan fingerprint density at radius 3 is 2.94 bits per heavy atom. The summed E-state index contributed by atoms with van der Waals surface area (Å²) in [5.41, 5.74) is 7.02. The molecule has 1 saturated heterocycles. The van der Waals surface area contributed by atoms with Gasteiger partial charge in [-0.25, -0.2) is 4.98 Å². The van der Waals surface area contributed by atoms with Crippen molar-refractivity contribution in [2.75, 3.05) is 13.2 Å². The molecular formula is C13H22N2OS. The summed E-state index contributed by atoms with van der Waals surface area (Å²) in [4.78, 5) is 6.04. The van der Waals surface area contributed by atoms with Gasteiger partial charge in [0.15, 0.2) is 0 Å². The quantitative estimate of drug-likeness (QED) is 0.877. The average Bonchev–Trinajstić information content (AvgIpc) is 2.88. The van der Waals surface area contributed by atoms with E-state index in [1.165, 1.54) is 22.0 Å². The van der Waals surface area contributed by atoms with Gasteiger partial charge in [0.25, 0.3) is 0 Å². The second-order valence-electron chi connectivity index (χ2n) is 5.21. The van der Waals surface area contributed by atoms with E-state index in [2.05, 4.69) is 13.8 Å². The Morgan fingerprint density at radius 2 is 2.35 bits per heavy atom. The molecule has 0 aromatic carbocycles. The summed E-state index contributed by atoms with van der Waals surface area (Å²) in [7, 11) is 0. The number of ether oxygens (including phenoxy) is 1. The number of nitrogens with zero attached hydrogens (tertiary/aromatic N) is 1. The lowest BCUT2D eigenvalue weighted by molar-refractivity contribution is 0.186. The third-order valence-corrected chi connectivity index (χ3v) is 4.24. The normalized spacial score (nSPS) is 20.4. The summed E-state index contributed by atoms with van der Waals surface area (Å²) in [5.74, 6) is 1.31. The standard InChI is InChI=1S/C13H22N2OS/c1-9(2)5-11-12(7-14)17-13(15-11)6-10-3-4-16-8-10/h9-10H,3-8,14H2,1-2H3. The number of aromatic nitrogens is 1. The Balaban J connectivity index is 2.04. The lowest BCUT2D eigenvalue weighted by atomic mass is 10.1. The van der Waals surface area contributed by atoms with E-state index in [9.17, 15) is 0 Å². The monoisotopic (exact) mass is 254 g/mol. The minimum Gasteiger partial charge on any atom is -0.381 e. The highest BCUT2D eigenvalue weighted by molar-refractivity contribution is 7.11. The highest BCUT2D eigenvalue weighted by Crippen LogP contribution is 2.25. The molecule has 0 spiro atoms. The summed E-state index contributed by atoms with van der Waals surface area (Å²) in [6.07, 6.45) is 3.29. The maximum absolute atomic E-state index is 5.79. The van der Waals surface area contributed by atoms with Crippen LogP contribution in [0.2, 0.25) is 0 Å². The molecule has 2 rings (SSSR count). The van der Waals surface area contributed by atoms with Gasteiger partial charge in [-0.2, -0.15) is 0 Å². The van der Waals surface area contributed by atoms with E-state index < -0.39 is 0 Å². The first-order chi connectivity index (χ1) is 8.19. The highest BCUT2D eigenvalue weighted by Gasteiger charge is 2.19. The molecule has 4 heteroatoms. The Bertz CT molecular complexity index is 356. The summed E-state index contributed by atoms with van der Waals surface area (Å²) >= 11 is 1.80. The lowest BCUT2D eigenvalue weighted by Crippen LogP contribution is -2.04. The largest absolute Gasteiger partial charge is 0.381 e. The van der Waals surface area contributed by atoms with E-state index in [1.54, 1.807) is 11.3 Å². The molecule has 17 heavy (non-hydrogen) atoms. The van der Waals surface area contributed by atoms with Crippen molar-refractivity contribution in [3.05, 3.63) is 15.6 Å². The summed E-state index contributed by atoms with van der Waals surface area (Å²) < 4.78 is 5.41. The molecule has 0 aliphatic carbocycles. The number of thiazole rings is 1. The van der Waals surface area contributed by atoms with Gasteiger partial charge >= 0.3 is 0 Å². The third-order valence-electron chi connectivity index (χ3n) is 3.10. The number of nitrogens with two attached hydrogens (primary N) is 1. The third kappa shape index (κ3) is 3.50. The average molecular weight is 254 g/mol. The van der Waals surface area contributed by atoms with Crippen LogP contribution >= 0.6 is 11.3 Å². The van der Waals surface area contributed by atoms with E-state index in [-0.39, 0.29) is 0 Å². The molecule has 1 aromatic heterocycles. The lowest BCUT2D eigenvalue weighted by Gasteiger charge is -2.03. The Morgan fingerprint density at radius 1 is 1.53 bits per heavy atom. The van der Waals surface area contributed by atoms with Crippen LogP contribution in [0.5, 0.6) is 0 Å². The molecule has 96 valence electrons. The fraction of sp³-hybridized carbons (Fsp3) is 0.769. The van der Waals surface area contributed by atoms with Crippen LogP contribution in [0.15, 0.2) is 0 Å². The predicted octanol–water partition coefficient (Wildman–Crippen LogP) is 2.38. The van der Waals surface area contributed by atoms with Crippen LogP contribution in [0.1, 0.15) is 35.8 Å². The molecule has 3 nitrogen and oxygen atoms in total. The fourth-order valence-electron chi connectivity index (χ4n) is 2.22. The van der Waals surface area contributed by atoms with Crippen LogP contribution in [0, 0.1) is 11.8 Å². The first kappa shape index (κ1) is 13.0. The topological polar surface area (TPSA) is 48.1 Å². The van der Waals surface area contributed by atoms with Crippen LogP contribution in [-0.4, -0.2) is 18.2 Å². The van der Waals surface area contributed by atoms with Gasteiger partial charge in [0.1, 0.15) is 0 Å². The molecule has 2 N–H and O–H groups in total. The minimum absolute atomic E-state index is 0.626. The van der Waals surface area contributed by atoms with Gasteiger partial charge in [0, 0.05) is 31.1 Å². The molecule has 1 aliphatic heterocycles.